The number of hydrazone groups is 1. The molecule has 1 heterocycles. The average Bonchev–Trinajstić information content (AvgIpc) is 2.05. The summed E-state index contributed by atoms with van der Waals surface area (Å²) in [5.74, 6) is 0. The summed E-state index contributed by atoms with van der Waals surface area (Å²) in [4.78, 5) is 10.7. The first-order valence-corrected chi connectivity index (χ1v) is 2.68. The van der Waals surface area contributed by atoms with E-state index in [2.05, 4.69) is 15.3 Å². The number of ether oxygens (including phenoxy) is 1. The molecule has 1 amide bonds. The molecule has 0 aromatic rings. The van der Waals surface area contributed by atoms with Gasteiger partial charge in [0.1, 0.15) is 0 Å². The molecule has 0 radical (unpaired) electrons. The molecule has 0 bridgehead atoms. The van der Waals surface area contributed by atoms with Crippen molar-refractivity contribution in [1.29, 1.82) is 0 Å². The number of hydrogen-bond acceptors (Lipinski definition) is 4. The van der Waals surface area contributed by atoms with Crippen LogP contribution in [0.4, 0.5) is 4.79 Å². The predicted molar refractivity (Wildman–Crippen MR) is 35.0 cm³/mol. The van der Waals surface area contributed by atoms with E-state index in [1.807, 2.05) is 0 Å². The zero-order chi connectivity index (χ0) is 7.40. The van der Waals surface area contributed by atoms with Crippen LogP contribution in [0.15, 0.2) is 17.4 Å². The number of nitrogens with zero attached hydrogens (tertiary/aromatic N) is 2. The van der Waals surface area contributed by atoms with Crippen LogP contribution < -0.4 is 5.43 Å². The highest BCUT2D eigenvalue weighted by molar-refractivity contribution is 5.75. The van der Waals surface area contributed by atoms with Gasteiger partial charge in [0.05, 0.1) is 13.3 Å². The van der Waals surface area contributed by atoms with Crippen molar-refractivity contribution in [3.05, 3.63) is 12.3 Å². The van der Waals surface area contributed by atoms with Crippen molar-refractivity contribution in [2.45, 2.75) is 0 Å². The van der Waals surface area contributed by atoms with Crippen LogP contribution in [-0.2, 0) is 4.74 Å². The Morgan fingerprint density at radius 3 is 3.10 bits per heavy atom. The molecule has 0 spiro atoms. The molecule has 0 fully saturated rings. The third-order valence-corrected chi connectivity index (χ3v) is 0.909. The normalized spacial score (nSPS) is 14.7. The molecule has 1 aliphatic rings. The van der Waals surface area contributed by atoms with Gasteiger partial charge in [-0.25, -0.2) is 4.79 Å². The Hall–Kier alpha value is -1.52. The van der Waals surface area contributed by atoms with Gasteiger partial charge in [0.25, 0.3) is 0 Å². The second-order valence-corrected chi connectivity index (χ2v) is 1.53. The molecule has 1 N–H and O–H groups in total. The first-order chi connectivity index (χ1) is 4.84. The van der Waals surface area contributed by atoms with Crippen LogP contribution in [0.1, 0.15) is 0 Å². The Balaban J connectivity index is 2.51. The summed E-state index contributed by atoms with van der Waals surface area (Å²) in [5, 5.41) is 4.62. The topological polar surface area (TPSA) is 53.9 Å². The zero-order valence-corrected chi connectivity index (χ0v) is 5.44. The van der Waals surface area contributed by atoms with Crippen LogP contribution in [0.5, 0.6) is 0 Å². The van der Waals surface area contributed by atoms with Crippen LogP contribution in [-0.4, -0.2) is 24.5 Å². The Morgan fingerprint density at radius 2 is 2.60 bits per heavy atom. The molecule has 1 rings (SSSR count). The zero-order valence-electron chi connectivity index (χ0n) is 5.44. The van der Waals surface area contributed by atoms with Crippen LogP contribution in [0.25, 0.3) is 0 Å². The summed E-state index contributed by atoms with van der Waals surface area (Å²) in [5.41, 5.74) is 2.55. The molecule has 10 heavy (non-hydrogen) atoms. The van der Waals surface area contributed by atoms with Crippen LogP contribution in [0.2, 0.25) is 0 Å². The van der Waals surface area contributed by atoms with Crippen molar-refractivity contribution in [1.82, 2.24) is 10.5 Å². The molecule has 0 atom stereocenters. The van der Waals surface area contributed by atoms with E-state index in [9.17, 15) is 4.79 Å². The molecular weight excluding hydrogens is 134 g/mol. The molecule has 5 heteroatoms. The number of nitrogens with one attached hydrogen (secondary N) is 1. The van der Waals surface area contributed by atoms with E-state index in [0.717, 1.165) is 5.12 Å². The Bertz CT molecular complexity index is 187. The third kappa shape index (κ3) is 1.25. The van der Waals surface area contributed by atoms with Gasteiger partial charge < -0.3 is 4.74 Å². The summed E-state index contributed by atoms with van der Waals surface area (Å²) in [6.07, 6.45) is 4.18. The molecule has 0 aliphatic carbocycles. The average molecular weight is 141 g/mol. The monoisotopic (exact) mass is 141 g/mol. The lowest BCUT2D eigenvalue weighted by atomic mass is 10.6. The molecule has 0 aromatic heterocycles. The van der Waals surface area contributed by atoms with Crippen molar-refractivity contribution < 1.29 is 9.53 Å². The van der Waals surface area contributed by atoms with Crippen molar-refractivity contribution in [3.63, 3.8) is 0 Å². The van der Waals surface area contributed by atoms with Crippen molar-refractivity contribution in [2.75, 3.05) is 7.11 Å². The van der Waals surface area contributed by atoms with E-state index < -0.39 is 6.09 Å². The number of methoxy groups -OCH3 is 1. The van der Waals surface area contributed by atoms with Gasteiger partial charge in [0, 0.05) is 6.20 Å². The fraction of sp³-hybridized carbons (Fsp3) is 0.200. The summed E-state index contributed by atoms with van der Waals surface area (Å²) in [6, 6.07) is 0. The van der Waals surface area contributed by atoms with E-state index in [1.165, 1.54) is 13.3 Å². The highest BCUT2D eigenvalue weighted by Gasteiger charge is 2.10. The summed E-state index contributed by atoms with van der Waals surface area (Å²) in [7, 11) is 1.29. The maximum Gasteiger partial charge on any atom is 0.450 e. The number of carbonyl (C=O) groups is 1. The third-order valence-electron chi connectivity index (χ3n) is 0.909. The molecule has 0 aromatic carbocycles. The number of carbonyl (C=O) groups excluding carboxylic acids is 1. The van der Waals surface area contributed by atoms with Crippen molar-refractivity contribution >= 4 is 12.3 Å². The van der Waals surface area contributed by atoms with Gasteiger partial charge in [-0.3, -0.25) is 5.43 Å². The van der Waals surface area contributed by atoms with Crippen LogP contribution in [0.3, 0.4) is 0 Å². The summed E-state index contributed by atoms with van der Waals surface area (Å²) in [6.45, 7) is 0. The largest absolute Gasteiger partial charge is 0.450 e. The number of hydrogen-bond donors (Lipinski definition) is 1. The standard InChI is InChI=1S/C5H7N3O2/c1-10-5(9)8-6-3-2-4-7-8/h2-4,6H,1H3. The van der Waals surface area contributed by atoms with Gasteiger partial charge in [0.15, 0.2) is 0 Å². The van der Waals surface area contributed by atoms with Crippen molar-refractivity contribution in [2.24, 2.45) is 5.10 Å². The van der Waals surface area contributed by atoms with Crippen molar-refractivity contribution in [3.8, 4) is 0 Å². The fourth-order valence-corrected chi connectivity index (χ4v) is 0.481. The smallest absolute Gasteiger partial charge is 0.450 e. The summed E-state index contributed by atoms with van der Waals surface area (Å²) >= 11 is 0. The van der Waals surface area contributed by atoms with E-state index in [-0.39, 0.29) is 0 Å². The molecule has 0 saturated carbocycles. The second-order valence-electron chi connectivity index (χ2n) is 1.53. The minimum Gasteiger partial charge on any atom is -0.450 e. The lowest BCUT2D eigenvalue weighted by Crippen LogP contribution is -2.36. The Labute approximate surface area is 57.9 Å². The number of hydrazine groups is 1. The molecule has 1 aliphatic heterocycles. The first-order valence-electron chi connectivity index (χ1n) is 2.68. The van der Waals surface area contributed by atoms with E-state index >= 15 is 0 Å². The Morgan fingerprint density at radius 1 is 1.80 bits per heavy atom. The molecule has 0 saturated heterocycles. The van der Waals surface area contributed by atoms with Crippen LogP contribution >= 0.6 is 0 Å². The van der Waals surface area contributed by atoms with E-state index in [0.29, 0.717) is 0 Å². The van der Waals surface area contributed by atoms with Gasteiger partial charge in [-0.2, -0.15) is 5.10 Å². The molecule has 5 nitrogen and oxygen atoms in total. The lowest BCUT2D eigenvalue weighted by Gasteiger charge is -2.15. The second kappa shape index (κ2) is 2.86. The van der Waals surface area contributed by atoms with Gasteiger partial charge >= 0.3 is 6.09 Å². The molecule has 54 valence electrons. The summed E-state index contributed by atoms with van der Waals surface area (Å²) < 4.78 is 4.37. The Kier molecular flexibility index (Phi) is 1.89. The number of rotatable bonds is 0. The maximum atomic E-state index is 10.7. The number of allylic oxidation sites excluding steroid dienone is 1. The van der Waals surface area contributed by atoms with Gasteiger partial charge in [-0.15, -0.1) is 5.12 Å². The highest BCUT2D eigenvalue weighted by atomic mass is 16.6. The first kappa shape index (κ1) is 6.60. The van der Waals surface area contributed by atoms with Gasteiger partial charge in [-0.1, -0.05) is 0 Å². The SMILES string of the molecule is COC(=O)N1N=CC=CN1. The minimum atomic E-state index is -0.541. The van der Waals surface area contributed by atoms with Crippen LogP contribution in [0, 0.1) is 0 Å². The predicted octanol–water partition coefficient (Wildman–Crippen LogP) is 0.0725. The maximum absolute atomic E-state index is 10.7. The number of amides is 1. The lowest BCUT2D eigenvalue weighted by molar-refractivity contribution is 0.111. The molecular formula is C5H7N3O2. The fourth-order valence-electron chi connectivity index (χ4n) is 0.481. The van der Waals surface area contributed by atoms with Gasteiger partial charge in [0.2, 0.25) is 0 Å². The van der Waals surface area contributed by atoms with E-state index in [4.69, 9.17) is 0 Å². The quantitative estimate of drug-likeness (QED) is 0.519. The van der Waals surface area contributed by atoms with Gasteiger partial charge in [-0.05, 0) is 6.08 Å². The minimum absolute atomic E-state index is 0.541. The molecule has 0 unspecified atom stereocenters. The van der Waals surface area contributed by atoms with E-state index in [1.54, 1.807) is 12.3 Å². The highest BCUT2D eigenvalue weighted by Crippen LogP contribution is 1.91.